The molecule has 0 saturated carbocycles. The van der Waals surface area contributed by atoms with E-state index in [-0.39, 0.29) is 5.91 Å². The molecule has 0 aliphatic heterocycles. The number of ether oxygens (including phenoxy) is 1. The van der Waals surface area contributed by atoms with Crippen molar-refractivity contribution >= 4 is 23.4 Å². The second-order valence-corrected chi connectivity index (χ2v) is 7.19. The maximum absolute atomic E-state index is 12.3. The van der Waals surface area contributed by atoms with Crippen LogP contribution in [-0.4, -0.2) is 24.3 Å². The Kier molecular flexibility index (Phi) is 7.59. The van der Waals surface area contributed by atoms with Gasteiger partial charge in [-0.25, -0.2) is 0 Å². The molecule has 7 nitrogen and oxygen atoms in total. The van der Waals surface area contributed by atoms with Crippen LogP contribution < -0.4 is 20.9 Å². The van der Waals surface area contributed by atoms with Gasteiger partial charge in [0.1, 0.15) is 5.75 Å². The summed E-state index contributed by atoms with van der Waals surface area (Å²) in [5.74, 6) is -0.576. The highest BCUT2D eigenvalue weighted by atomic mass is 16.5. The fraction of sp³-hybridized carbons (Fsp3) is 0.160. The fourth-order valence-corrected chi connectivity index (χ4v) is 2.90. The van der Waals surface area contributed by atoms with Crippen molar-refractivity contribution in [2.24, 2.45) is 0 Å². The van der Waals surface area contributed by atoms with Gasteiger partial charge in [-0.1, -0.05) is 30.7 Å². The average Bonchev–Trinajstić information content (AvgIpc) is 2.81. The van der Waals surface area contributed by atoms with Gasteiger partial charge in [-0.05, 0) is 67.9 Å². The van der Waals surface area contributed by atoms with Gasteiger partial charge in [0.05, 0.1) is 6.61 Å². The third-order valence-electron chi connectivity index (χ3n) is 4.54. The van der Waals surface area contributed by atoms with Crippen LogP contribution in [0.1, 0.15) is 50.0 Å². The van der Waals surface area contributed by atoms with Crippen molar-refractivity contribution in [3.8, 4) is 5.75 Å². The van der Waals surface area contributed by atoms with Gasteiger partial charge in [0.2, 0.25) is 0 Å². The molecule has 0 bridgehead atoms. The lowest BCUT2D eigenvalue weighted by Gasteiger charge is -2.10. The van der Waals surface area contributed by atoms with E-state index in [9.17, 15) is 14.4 Å². The second kappa shape index (κ2) is 10.8. The first-order valence-electron chi connectivity index (χ1n) is 10.3. The summed E-state index contributed by atoms with van der Waals surface area (Å²) in [4.78, 5) is 37.0. The molecule has 32 heavy (non-hydrogen) atoms. The van der Waals surface area contributed by atoms with E-state index < -0.39 is 11.8 Å². The van der Waals surface area contributed by atoms with Crippen LogP contribution >= 0.6 is 0 Å². The van der Waals surface area contributed by atoms with Gasteiger partial charge >= 0.3 is 0 Å². The molecule has 0 aliphatic carbocycles. The van der Waals surface area contributed by atoms with E-state index in [0.29, 0.717) is 34.7 Å². The molecule has 0 aliphatic rings. The SMILES string of the molecule is CCCOc1cccc(C(=O)NNC(=O)c2ccc(NC(=O)c3cccc(C)c3)cc2)c1. The van der Waals surface area contributed by atoms with Crippen LogP contribution in [0.15, 0.2) is 72.8 Å². The highest BCUT2D eigenvalue weighted by Gasteiger charge is 2.11. The molecule has 3 rings (SSSR count). The van der Waals surface area contributed by atoms with E-state index in [0.717, 1.165) is 12.0 Å². The largest absolute Gasteiger partial charge is 0.494 e. The average molecular weight is 431 g/mol. The second-order valence-electron chi connectivity index (χ2n) is 7.19. The predicted octanol–water partition coefficient (Wildman–Crippen LogP) is 4.11. The van der Waals surface area contributed by atoms with Gasteiger partial charge in [0.15, 0.2) is 0 Å². The van der Waals surface area contributed by atoms with Gasteiger partial charge in [-0.2, -0.15) is 0 Å². The minimum absolute atomic E-state index is 0.233. The molecule has 0 fully saturated rings. The number of carbonyl (C=O) groups is 3. The normalized spacial score (nSPS) is 10.2. The number of hydrazine groups is 1. The zero-order chi connectivity index (χ0) is 22.9. The number of anilines is 1. The summed E-state index contributed by atoms with van der Waals surface area (Å²) in [6.07, 6.45) is 0.862. The topological polar surface area (TPSA) is 96.5 Å². The number of hydrogen-bond acceptors (Lipinski definition) is 4. The summed E-state index contributed by atoms with van der Waals surface area (Å²) in [5, 5.41) is 2.79. The Morgan fingerprint density at radius 1 is 0.750 bits per heavy atom. The number of benzene rings is 3. The first kappa shape index (κ1) is 22.6. The molecule has 3 amide bonds. The highest BCUT2D eigenvalue weighted by Crippen LogP contribution is 2.14. The van der Waals surface area contributed by atoms with Crippen LogP contribution in [0.25, 0.3) is 0 Å². The number of hydrogen-bond donors (Lipinski definition) is 3. The monoisotopic (exact) mass is 431 g/mol. The molecule has 0 radical (unpaired) electrons. The van der Waals surface area contributed by atoms with Crippen molar-refractivity contribution in [1.29, 1.82) is 0 Å². The lowest BCUT2D eigenvalue weighted by molar-refractivity contribution is 0.0846. The van der Waals surface area contributed by atoms with Crippen molar-refractivity contribution < 1.29 is 19.1 Å². The lowest BCUT2D eigenvalue weighted by Crippen LogP contribution is -2.41. The van der Waals surface area contributed by atoms with Gasteiger partial charge in [-0.15, -0.1) is 0 Å². The predicted molar refractivity (Wildman–Crippen MR) is 123 cm³/mol. The van der Waals surface area contributed by atoms with Crippen LogP contribution in [0.2, 0.25) is 0 Å². The summed E-state index contributed by atoms with van der Waals surface area (Å²) in [5.41, 5.74) is 7.58. The molecule has 7 heteroatoms. The van der Waals surface area contributed by atoms with Gasteiger partial charge < -0.3 is 10.1 Å². The van der Waals surface area contributed by atoms with Crippen LogP contribution in [0.4, 0.5) is 5.69 Å². The fourth-order valence-electron chi connectivity index (χ4n) is 2.90. The highest BCUT2D eigenvalue weighted by molar-refractivity contribution is 6.05. The van der Waals surface area contributed by atoms with Crippen molar-refractivity contribution in [2.75, 3.05) is 11.9 Å². The van der Waals surface area contributed by atoms with E-state index in [1.54, 1.807) is 60.7 Å². The van der Waals surface area contributed by atoms with Crippen molar-refractivity contribution in [3.63, 3.8) is 0 Å². The van der Waals surface area contributed by atoms with Crippen molar-refractivity contribution in [1.82, 2.24) is 10.9 Å². The molecular weight excluding hydrogens is 406 g/mol. The molecule has 3 N–H and O–H groups in total. The van der Waals surface area contributed by atoms with Crippen LogP contribution in [0.3, 0.4) is 0 Å². The Bertz CT molecular complexity index is 1110. The first-order valence-corrected chi connectivity index (χ1v) is 10.3. The summed E-state index contributed by atoms with van der Waals surface area (Å²) in [6.45, 7) is 4.47. The molecule has 0 aromatic heterocycles. The Morgan fingerprint density at radius 3 is 2.03 bits per heavy atom. The third-order valence-corrected chi connectivity index (χ3v) is 4.54. The summed E-state index contributed by atoms with van der Waals surface area (Å²) in [6, 6.07) is 20.4. The van der Waals surface area contributed by atoms with Crippen molar-refractivity contribution in [3.05, 3.63) is 95.1 Å². The first-order chi connectivity index (χ1) is 15.5. The maximum Gasteiger partial charge on any atom is 0.269 e. The van der Waals surface area contributed by atoms with E-state index >= 15 is 0 Å². The van der Waals surface area contributed by atoms with Crippen molar-refractivity contribution in [2.45, 2.75) is 20.3 Å². The number of aryl methyl sites for hydroxylation is 1. The molecule has 0 saturated heterocycles. The molecule has 0 spiro atoms. The summed E-state index contributed by atoms with van der Waals surface area (Å²) >= 11 is 0. The standard InChI is InChI=1S/C25H25N3O4/c1-3-14-32-22-9-5-8-20(16-22)25(31)28-27-24(30)18-10-12-21(13-11-18)26-23(29)19-7-4-6-17(2)15-19/h4-13,15-16H,3,14H2,1-2H3,(H,26,29)(H,27,30)(H,28,31). The van der Waals surface area contributed by atoms with E-state index in [2.05, 4.69) is 16.2 Å². The quantitative estimate of drug-likeness (QED) is 0.491. The smallest absolute Gasteiger partial charge is 0.269 e. The zero-order valence-electron chi connectivity index (χ0n) is 18.0. The Hall–Kier alpha value is -4.13. The van der Waals surface area contributed by atoms with E-state index in [4.69, 9.17) is 4.74 Å². The zero-order valence-corrected chi connectivity index (χ0v) is 18.0. The number of carbonyl (C=O) groups excluding carboxylic acids is 3. The minimum Gasteiger partial charge on any atom is -0.494 e. The van der Waals surface area contributed by atoms with E-state index in [1.165, 1.54) is 0 Å². The number of rotatable bonds is 7. The number of amides is 3. The number of nitrogens with one attached hydrogen (secondary N) is 3. The van der Waals surface area contributed by atoms with Gasteiger partial charge in [0.25, 0.3) is 17.7 Å². The summed E-state index contributed by atoms with van der Waals surface area (Å²) in [7, 11) is 0. The third kappa shape index (κ3) is 6.18. The molecular formula is C25H25N3O4. The molecule has 3 aromatic rings. The van der Waals surface area contributed by atoms with Crippen LogP contribution in [0.5, 0.6) is 5.75 Å². The maximum atomic E-state index is 12.3. The molecule has 0 atom stereocenters. The molecule has 0 unspecified atom stereocenters. The Labute approximate surface area is 186 Å². The van der Waals surface area contributed by atoms with Crippen LogP contribution in [0, 0.1) is 6.92 Å². The lowest BCUT2D eigenvalue weighted by atomic mass is 10.1. The van der Waals surface area contributed by atoms with Gasteiger partial charge in [-0.3, -0.25) is 25.2 Å². The Morgan fingerprint density at radius 2 is 1.38 bits per heavy atom. The molecule has 0 heterocycles. The Balaban J connectivity index is 1.54. The molecule has 3 aromatic carbocycles. The molecule has 164 valence electrons. The van der Waals surface area contributed by atoms with Crippen LogP contribution in [-0.2, 0) is 0 Å². The van der Waals surface area contributed by atoms with E-state index in [1.807, 2.05) is 26.0 Å². The van der Waals surface area contributed by atoms with Gasteiger partial charge in [0, 0.05) is 22.4 Å². The summed E-state index contributed by atoms with van der Waals surface area (Å²) < 4.78 is 5.52. The minimum atomic E-state index is -0.478.